The first kappa shape index (κ1) is 17.2. The number of fused-ring (bicyclic) bond motifs is 1. The van der Waals surface area contributed by atoms with E-state index in [4.69, 9.17) is 4.42 Å². The van der Waals surface area contributed by atoms with E-state index in [0.717, 1.165) is 15.6 Å². The molecule has 0 atom stereocenters. The van der Waals surface area contributed by atoms with Crippen molar-refractivity contribution in [2.75, 3.05) is 0 Å². The van der Waals surface area contributed by atoms with Gasteiger partial charge in [-0.1, -0.05) is 46.3 Å². The Labute approximate surface area is 164 Å². The second kappa shape index (κ2) is 7.60. The number of benzene rings is 3. The summed E-state index contributed by atoms with van der Waals surface area (Å²) in [6.45, 7) is 0. The third-order valence-corrected chi connectivity index (χ3v) is 4.44. The van der Waals surface area contributed by atoms with Gasteiger partial charge in [-0.25, -0.2) is 4.98 Å². The van der Waals surface area contributed by atoms with Gasteiger partial charge in [-0.3, -0.25) is 4.99 Å². The number of aromatic nitrogens is 1. The fourth-order valence-corrected chi connectivity index (χ4v) is 3.07. The highest BCUT2D eigenvalue weighted by atomic mass is 79.9. The molecule has 0 unspecified atom stereocenters. The van der Waals surface area contributed by atoms with E-state index in [1.54, 1.807) is 24.4 Å². The quantitative estimate of drug-likeness (QED) is 0.391. The number of halogens is 1. The highest BCUT2D eigenvalue weighted by molar-refractivity contribution is 9.10. The number of oxazole rings is 1. The van der Waals surface area contributed by atoms with Crippen LogP contribution >= 0.6 is 15.9 Å². The van der Waals surface area contributed by atoms with Gasteiger partial charge < -0.3 is 9.52 Å². The van der Waals surface area contributed by atoms with Crippen LogP contribution in [0.1, 0.15) is 5.56 Å². The third-order valence-electron chi connectivity index (χ3n) is 3.95. The normalized spacial score (nSPS) is 11.7. The molecule has 4 aromatic rings. The molecule has 1 heterocycles. The molecule has 132 valence electrons. The molecule has 27 heavy (non-hydrogen) atoms. The smallest absolute Gasteiger partial charge is 0.231 e. The SMILES string of the molecule is Oc1ccc(N=C/C=C/c2cccc(Br)c2)cc1-c1nc2ccccc2o1. The topological polar surface area (TPSA) is 58.6 Å². The lowest BCUT2D eigenvalue weighted by atomic mass is 10.2. The van der Waals surface area contributed by atoms with E-state index in [9.17, 15) is 5.11 Å². The van der Waals surface area contributed by atoms with E-state index >= 15 is 0 Å². The summed E-state index contributed by atoms with van der Waals surface area (Å²) in [5, 5.41) is 10.2. The highest BCUT2D eigenvalue weighted by Gasteiger charge is 2.12. The maximum Gasteiger partial charge on any atom is 0.231 e. The van der Waals surface area contributed by atoms with Gasteiger partial charge in [0.25, 0.3) is 0 Å². The van der Waals surface area contributed by atoms with E-state index in [2.05, 4.69) is 25.9 Å². The zero-order chi connectivity index (χ0) is 18.6. The lowest BCUT2D eigenvalue weighted by molar-refractivity contribution is 0.474. The molecule has 1 aromatic heterocycles. The Hall–Kier alpha value is -3.18. The van der Waals surface area contributed by atoms with Crippen molar-refractivity contribution >= 4 is 45.0 Å². The van der Waals surface area contributed by atoms with Crippen molar-refractivity contribution in [3.63, 3.8) is 0 Å². The number of aliphatic imine (C=N–C) groups is 1. The minimum atomic E-state index is 0.102. The second-order valence-corrected chi connectivity index (χ2v) is 6.80. The molecule has 4 rings (SSSR count). The van der Waals surface area contributed by atoms with Crippen LogP contribution in [0, 0.1) is 0 Å². The van der Waals surface area contributed by atoms with E-state index in [0.29, 0.717) is 22.7 Å². The van der Waals surface area contributed by atoms with Crippen molar-refractivity contribution in [1.29, 1.82) is 0 Å². The Morgan fingerprint density at radius 3 is 2.74 bits per heavy atom. The standard InChI is InChI=1S/C22H15BrN2O2/c23-16-7-3-5-15(13-16)6-4-12-24-17-10-11-20(26)18(14-17)22-25-19-8-1-2-9-21(19)27-22/h1-14,26H/b6-4+,24-12?. The number of allylic oxidation sites excluding steroid dienone is 1. The number of phenolic OH excluding ortho intramolecular Hbond substituents is 1. The van der Waals surface area contributed by atoms with Crippen LogP contribution in [-0.4, -0.2) is 16.3 Å². The van der Waals surface area contributed by atoms with Crippen LogP contribution in [0.3, 0.4) is 0 Å². The van der Waals surface area contributed by atoms with E-state index in [1.807, 2.05) is 60.7 Å². The van der Waals surface area contributed by atoms with Crippen molar-refractivity contribution in [1.82, 2.24) is 4.98 Å². The number of aromatic hydroxyl groups is 1. The summed E-state index contributed by atoms with van der Waals surface area (Å²) < 4.78 is 6.77. The summed E-state index contributed by atoms with van der Waals surface area (Å²) >= 11 is 3.45. The maximum absolute atomic E-state index is 10.2. The summed E-state index contributed by atoms with van der Waals surface area (Å²) in [5.41, 5.74) is 3.71. The van der Waals surface area contributed by atoms with Gasteiger partial charge in [-0.2, -0.15) is 0 Å². The van der Waals surface area contributed by atoms with Crippen LogP contribution in [0.15, 0.2) is 86.7 Å². The van der Waals surface area contributed by atoms with Crippen molar-refractivity contribution < 1.29 is 9.52 Å². The lowest BCUT2D eigenvalue weighted by Gasteiger charge is -2.01. The first-order valence-corrected chi connectivity index (χ1v) is 9.13. The van der Waals surface area contributed by atoms with Gasteiger partial charge in [-0.15, -0.1) is 0 Å². The van der Waals surface area contributed by atoms with E-state index < -0.39 is 0 Å². The summed E-state index contributed by atoms with van der Waals surface area (Å²) in [6.07, 6.45) is 5.55. The summed E-state index contributed by atoms with van der Waals surface area (Å²) in [7, 11) is 0. The molecule has 0 aliphatic heterocycles. The van der Waals surface area contributed by atoms with Crippen LogP contribution < -0.4 is 0 Å². The monoisotopic (exact) mass is 418 g/mol. The molecule has 0 aliphatic rings. The minimum absolute atomic E-state index is 0.102. The molecule has 0 aliphatic carbocycles. The van der Waals surface area contributed by atoms with Crippen LogP contribution in [0.4, 0.5) is 5.69 Å². The average Bonchev–Trinajstić information content (AvgIpc) is 3.10. The van der Waals surface area contributed by atoms with E-state index in [1.165, 1.54) is 0 Å². The van der Waals surface area contributed by atoms with Gasteiger partial charge >= 0.3 is 0 Å². The maximum atomic E-state index is 10.2. The summed E-state index contributed by atoms with van der Waals surface area (Å²) in [5.74, 6) is 0.473. The summed E-state index contributed by atoms with van der Waals surface area (Å²) in [4.78, 5) is 8.85. The predicted molar refractivity (Wildman–Crippen MR) is 112 cm³/mol. The largest absolute Gasteiger partial charge is 0.507 e. The van der Waals surface area contributed by atoms with Crippen molar-refractivity contribution in [2.45, 2.75) is 0 Å². The zero-order valence-corrected chi connectivity index (χ0v) is 15.8. The van der Waals surface area contributed by atoms with Crippen LogP contribution in [0.2, 0.25) is 0 Å². The van der Waals surface area contributed by atoms with Gasteiger partial charge in [0.1, 0.15) is 11.3 Å². The Balaban J connectivity index is 1.58. The number of nitrogens with zero attached hydrogens (tertiary/aromatic N) is 2. The van der Waals surface area contributed by atoms with Crippen molar-refractivity contribution in [2.24, 2.45) is 4.99 Å². The van der Waals surface area contributed by atoms with Crippen LogP contribution in [-0.2, 0) is 0 Å². The molecule has 3 aromatic carbocycles. The van der Waals surface area contributed by atoms with Crippen LogP contribution in [0.25, 0.3) is 28.6 Å². The summed E-state index contributed by atoms with van der Waals surface area (Å²) in [6, 6.07) is 20.6. The number of para-hydroxylation sites is 2. The molecule has 0 spiro atoms. The van der Waals surface area contributed by atoms with E-state index in [-0.39, 0.29) is 5.75 Å². The van der Waals surface area contributed by atoms with Gasteiger partial charge in [0.15, 0.2) is 5.58 Å². The first-order chi connectivity index (χ1) is 13.2. The lowest BCUT2D eigenvalue weighted by Crippen LogP contribution is -1.79. The Bertz CT molecular complexity index is 1130. The molecule has 0 saturated heterocycles. The number of hydrogen-bond acceptors (Lipinski definition) is 4. The molecule has 0 fully saturated rings. The third kappa shape index (κ3) is 3.99. The Morgan fingerprint density at radius 2 is 1.89 bits per heavy atom. The number of rotatable bonds is 4. The fraction of sp³-hybridized carbons (Fsp3) is 0. The fourth-order valence-electron chi connectivity index (χ4n) is 2.66. The zero-order valence-electron chi connectivity index (χ0n) is 14.2. The van der Waals surface area contributed by atoms with Crippen molar-refractivity contribution in [3.8, 4) is 17.2 Å². The molecule has 4 nitrogen and oxygen atoms in total. The molecular weight excluding hydrogens is 404 g/mol. The average molecular weight is 419 g/mol. The number of phenols is 1. The molecule has 0 bridgehead atoms. The Morgan fingerprint density at radius 1 is 1.00 bits per heavy atom. The van der Waals surface area contributed by atoms with Crippen LogP contribution in [0.5, 0.6) is 5.75 Å². The molecule has 5 heteroatoms. The predicted octanol–water partition coefficient (Wildman–Crippen LogP) is 6.38. The van der Waals surface area contributed by atoms with Gasteiger partial charge in [0, 0.05) is 10.7 Å². The minimum Gasteiger partial charge on any atom is -0.507 e. The Kier molecular flexibility index (Phi) is 4.85. The van der Waals surface area contributed by atoms with Gasteiger partial charge in [0.05, 0.1) is 11.3 Å². The molecule has 0 amide bonds. The molecular formula is C22H15BrN2O2. The molecule has 0 saturated carbocycles. The first-order valence-electron chi connectivity index (χ1n) is 8.34. The van der Waals surface area contributed by atoms with Gasteiger partial charge in [0.2, 0.25) is 5.89 Å². The molecule has 1 N–H and O–H groups in total. The second-order valence-electron chi connectivity index (χ2n) is 5.88. The number of hydrogen-bond donors (Lipinski definition) is 1. The molecule has 0 radical (unpaired) electrons. The van der Waals surface area contributed by atoms with Gasteiger partial charge in [-0.05, 0) is 54.1 Å². The van der Waals surface area contributed by atoms with Crippen molar-refractivity contribution in [3.05, 3.63) is 82.8 Å². The highest BCUT2D eigenvalue weighted by Crippen LogP contribution is 2.33.